The number of aromatic hydroxyl groups is 1. The average molecular weight is 214 g/mol. The molecule has 2 rings (SSSR count). The molecule has 1 aromatic rings. The molecule has 76 valence electrons. The topological polar surface area (TPSA) is 52.5 Å². The third kappa shape index (κ3) is 1.85. The molecule has 0 unspecified atom stereocenters. The van der Waals surface area contributed by atoms with Gasteiger partial charge in [-0.1, -0.05) is 17.7 Å². The van der Waals surface area contributed by atoms with Crippen molar-refractivity contribution < 1.29 is 10.2 Å². The van der Waals surface area contributed by atoms with Gasteiger partial charge in [0.15, 0.2) is 0 Å². The van der Waals surface area contributed by atoms with Crippen molar-refractivity contribution in [3.05, 3.63) is 28.8 Å². The maximum Gasteiger partial charge on any atom is 0.117 e. The van der Waals surface area contributed by atoms with Gasteiger partial charge >= 0.3 is 0 Å². The molecule has 0 aliphatic carbocycles. The van der Waals surface area contributed by atoms with Gasteiger partial charge in [0.1, 0.15) is 5.75 Å². The van der Waals surface area contributed by atoms with Crippen LogP contribution in [0.1, 0.15) is 5.56 Å². The highest BCUT2D eigenvalue weighted by Gasteiger charge is 2.34. The number of nitrogens with one attached hydrogen (secondary N) is 1. The second-order valence-corrected chi connectivity index (χ2v) is 4.19. The third-order valence-electron chi connectivity index (χ3n) is 2.46. The van der Waals surface area contributed by atoms with E-state index in [0.717, 1.165) is 5.56 Å². The maximum absolute atomic E-state index is 9.87. The molecule has 4 heteroatoms. The van der Waals surface area contributed by atoms with Crippen molar-refractivity contribution >= 4 is 11.6 Å². The van der Waals surface area contributed by atoms with E-state index >= 15 is 0 Å². The first-order valence-electron chi connectivity index (χ1n) is 4.50. The SMILES string of the molecule is Oc1ccc(CC2(O)CNC2)c(Cl)c1. The van der Waals surface area contributed by atoms with E-state index in [9.17, 15) is 5.11 Å². The molecule has 3 nitrogen and oxygen atoms in total. The zero-order valence-corrected chi connectivity index (χ0v) is 8.38. The van der Waals surface area contributed by atoms with E-state index in [1.54, 1.807) is 12.1 Å². The lowest BCUT2D eigenvalue weighted by atomic mass is 9.89. The fourth-order valence-corrected chi connectivity index (χ4v) is 1.81. The predicted octanol–water partition coefficient (Wildman–Crippen LogP) is 0.922. The van der Waals surface area contributed by atoms with Crippen LogP contribution >= 0.6 is 11.6 Å². The van der Waals surface area contributed by atoms with Crippen molar-refractivity contribution in [1.29, 1.82) is 0 Å². The van der Waals surface area contributed by atoms with Crippen molar-refractivity contribution in [3.63, 3.8) is 0 Å². The zero-order valence-electron chi connectivity index (χ0n) is 7.63. The van der Waals surface area contributed by atoms with Gasteiger partial charge in [0, 0.05) is 24.5 Å². The minimum Gasteiger partial charge on any atom is -0.508 e. The van der Waals surface area contributed by atoms with E-state index in [1.165, 1.54) is 6.07 Å². The minimum absolute atomic E-state index is 0.150. The van der Waals surface area contributed by atoms with Gasteiger partial charge in [0.05, 0.1) is 5.60 Å². The highest BCUT2D eigenvalue weighted by atomic mass is 35.5. The Balaban J connectivity index is 2.16. The number of hydrogen-bond acceptors (Lipinski definition) is 3. The van der Waals surface area contributed by atoms with Crippen molar-refractivity contribution in [2.75, 3.05) is 13.1 Å². The van der Waals surface area contributed by atoms with E-state index in [4.69, 9.17) is 16.7 Å². The van der Waals surface area contributed by atoms with Crippen molar-refractivity contribution in [2.24, 2.45) is 0 Å². The van der Waals surface area contributed by atoms with Gasteiger partial charge in [-0.05, 0) is 17.7 Å². The van der Waals surface area contributed by atoms with Crippen LogP contribution < -0.4 is 5.32 Å². The summed E-state index contributed by atoms with van der Waals surface area (Å²) < 4.78 is 0. The molecule has 0 amide bonds. The molecule has 0 radical (unpaired) electrons. The molecular formula is C10H12ClNO2. The normalized spacial score (nSPS) is 19.0. The second kappa shape index (κ2) is 3.42. The van der Waals surface area contributed by atoms with Crippen LogP contribution in [0.4, 0.5) is 0 Å². The lowest BCUT2D eigenvalue weighted by Gasteiger charge is -2.37. The molecule has 1 heterocycles. The molecule has 1 aliphatic rings. The number of phenols is 1. The highest BCUT2D eigenvalue weighted by Crippen LogP contribution is 2.26. The van der Waals surface area contributed by atoms with E-state index in [1.807, 2.05) is 0 Å². The molecule has 0 atom stereocenters. The Morgan fingerprint density at radius 2 is 2.14 bits per heavy atom. The summed E-state index contributed by atoms with van der Waals surface area (Å²) in [6, 6.07) is 4.82. The average Bonchev–Trinajstić information content (AvgIpc) is 2.07. The Morgan fingerprint density at radius 3 is 2.64 bits per heavy atom. The van der Waals surface area contributed by atoms with Gasteiger partial charge in [-0.15, -0.1) is 0 Å². The number of benzene rings is 1. The molecule has 1 saturated heterocycles. The van der Waals surface area contributed by atoms with Crippen LogP contribution in [-0.4, -0.2) is 28.9 Å². The smallest absolute Gasteiger partial charge is 0.117 e. The summed E-state index contributed by atoms with van der Waals surface area (Å²) in [4.78, 5) is 0. The number of halogens is 1. The Morgan fingerprint density at radius 1 is 1.43 bits per heavy atom. The maximum atomic E-state index is 9.87. The first-order chi connectivity index (χ1) is 6.59. The van der Waals surface area contributed by atoms with Crippen molar-refractivity contribution in [3.8, 4) is 5.75 Å². The van der Waals surface area contributed by atoms with Crippen molar-refractivity contribution in [2.45, 2.75) is 12.0 Å². The molecule has 14 heavy (non-hydrogen) atoms. The van der Waals surface area contributed by atoms with Gasteiger partial charge in [-0.2, -0.15) is 0 Å². The fraction of sp³-hybridized carbons (Fsp3) is 0.400. The van der Waals surface area contributed by atoms with E-state index in [0.29, 0.717) is 24.5 Å². The molecular weight excluding hydrogens is 202 g/mol. The second-order valence-electron chi connectivity index (χ2n) is 3.78. The molecule has 1 aromatic carbocycles. The predicted molar refractivity (Wildman–Crippen MR) is 54.6 cm³/mol. The van der Waals surface area contributed by atoms with Crippen molar-refractivity contribution in [1.82, 2.24) is 5.32 Å². The Kier molecular flexibility index (Phi) is 2.39. The molecule has 0 spiro atoms. The summed E-state index contributed by atoms with van der Waals surface area (Å²) in [5.41, 5.74) is 0.203. The largest absolute Gasteiger partial charge is 0.508 e. The van der Waals surface area contributed by atoms with E-state index < -0.39 is 5.60 Å². The molecule has 0 bridgehead atoms. The fourth-order valence-electron chi connectivity index (χ4n) is 1.57. The van der Waals surface area contributed by atoms with Crippen LogP contribution in [-0.2, 0) is 6.42 Å². The molecule has 0 saturated carbocycles. The van der Waals surface area contributed by atoms with Crippen LogP contribution in [0.2, 0.25) is 5.02 Å². The summed E-state index contributed by atoms with van der Waals surface area (Å²) in [7, 11) is 0. The number of rotatable bonds is 2. The summed E-state index contributed by atoms with van der Waals surface area (Å²) >= 11 is 5.93. The van der Waals surface area contributed by atoms with Crippen LogP contribution in [0.25, 0.3) is 0 Å². The van der Waals surface area contributed by atoms with Gasteiger partial charge in [0.25, 0.3) is 0 Å². The summed E-state index contributed by atoms with van der Waals surface area (Å²) in [6.07, 6.45) is 0.527. The van der Waals surface area contributed by atoms with Gasteiger partial charge in [-0.3, -0.25) is 0 Å². The standard InChI is InChI=1S/C10H12ClNO2/c11-9-3-8(13)2-1-7(9)4-10(14)5-12-6-10/h1-3,12-14H,4-6H2. The van der Waals surface area contributed by atoms with Crippen LogP contribution in [0, 0.1) is 0 Å². The zero-order chi connectivity index (χ0) is 10.2. The quantitative estimate of drug-likeness (QED) is 0.685. The third-order valence-corrected chi connectivity index (χ3v) is 2.82. The molecule has 1 aliphatic heterocycles. The number of β-amino-alcohol motifs (C(OH)–C–C–N with tert-alkyl or cyclic N) is 1. The number of aliphatic hydroxyl groups is 1. The monoisotopic (exact) mass is 213 g/mol. The van der Waals surface area contributed by atoms with E-state index in [2.05, 4.69) is 5.32 Å². The summed E-state index contributed by atoms with van der Waals surface area (Å²) in [5.74, 6) is 0.150. The molecule has 3 N–H and O–H groups in total. The van der Waals surface area contributed by atoms with Crippen LogP contribution in [0.3, 0.4) is 0 Å². The van der Waals surface area contributed by atoms with Gasteiger partial charge < -0.3 is 15.5 Å². The van der Waals surface area contributed by atoms with Gasteiger partial charge in [-0.25, -0.2) is 0 Å². The summed E-state index contributed by atoms with van der Waals surface area (Å²) in [5, 5.41) is 22.5. The first kappa shape index (κ1) is 9.77. The van der Waals surface area contributed by atoms with Gasteiger partial charge in [0.2, 0.25) is 0 Å². The summed E-state index contributed by atoms with van der Waals surface area (Å²) in [6.45, 7) is 1.20. The number of hydrogen-bond donors (Lipinski definition) is 3. The minimum atomic E-state index is -0.666. The molecule has 1 fully saturated rings. The molecule has 0 aromatic heterocycles. The highest BCUT2D eigenvalue weighted by molar-refractivity contribution is 6.31. The lowest BCUT2D eigenvalue weighted by molar-refractivity contribution is -0.00901. The van der Waals surface area contributed by atoms with Crippen LogP contribution in [0.5, 0.6) is 5.75 Å². The number of phenolic OH excluding ortho intramolecular Hbond substituents is 1. The first-order valence-corrected chi connectivity index (χ1v) is 4.87. The van der Waals surface area contributed by atoms with E-state index in [-0.39, 0.29) is 5.75 Å². The Labute approximate surface area is 87.3 Å². The lowest BCUT2D eigenvalue weighted by Crippen LogP contribution is -2.60. The Bertz CT molecular complexity index is 350. The Hall–Kier alpha value is -0.770. The van der Waals surface area contributed by atoms with Crippen LogP contribution in [0.15, 0.2) is 18.2 Å².